The molecule has 0 spiro atoms. The van der Waals surface area contributed by atoms with Crippen molar-refractivity contribution < 1.29 is 9.18 Å². The van der Waals surface area contributed by atoms with Crippen LogP contribution >= 0.6 is 23.2 Å². The molecule has 1 aliphatic rings. The summed E-state index contributed by atoms with van der Waals surface area (Å²) >= 11 is 12.2. The van der Waals surface area contributed by atoms with Crippen molar-refractivity contribution in [3.63, 3.8) is 0 Å². The largest absolute Gasteiger partial charge is 0.367 e. The highest BCUT2D eigenvalue weighted by molar-refractivity contribution is 6.36. The van der Waals surface area contributed by atoms with E-state index in [1.54, 1.807) is 18.2 Å². The van der Waals surface area contributed by atoms with Gasteiger partial charge in [-0.25, -0.2) is 4.39 Å². The number of nitrogens with zero attached hydrogens (tertiary/aromatic N) is 2. The summed E-state index contributed by atoms with van der Waals surface area (Å²) < 4.78 is 12.9. The van der Waals surface area contributed by atoms with Crippen LogP contribution in [0.3, 0.4) is 0 Å². The van der Waals surface area contributed by atoms with Crippen molar-refractivity contribution in [2.24, 2.45) is 0 Å². The third-order valence-electron chi connectivity index (χ3n) is 4.15. The van der Waals surface area contributed by atoms with Gasteiger partial charge in [-0.3, -0.25) is 4.79 Å². The van der Waals surface area contributed by atoms with E-state index in [1.165, 1.54) is 12.1 Å². The number of rotatable bonds is 3. The Balaban J connectivity index is 1.58. The van der Waals surface area contributed by atoms with Crippen LogP contribution in [0, 0.1) is 5.82 Å². The third kappa shape index (κ3) is 4.00. The summed E-state index contributed by atoms with van der Waals surface area (Å²) in [5.41, 5.74) is 1.76. The van der Waals surface area contributed by atoms with Crippen molar-refractivity contribution in [2.45, 2.75) is 6.42 Å². The summed E-state index contributed by atoms with van der Waals surface area (Å²) in [5.74, 6) is -0.233. The molecule has 0 bridgehead atoms. The lowest BCUT2D eigenvalue weighted by Crippen LogP contribution is -2.49. The molecule has 1 amide bonds. The Hall–Kier alpha value is -1.78. The van der Waals surface area contributed by atoms with E-state index in [4.69, 9.17) is 23.2 Å². The van der Waals surface area contributed by atoms with Crippen LogP contribution in [-0.2, 0) is 11.2 Å². The molecule has 126 valence electrons. The quantitative estimate of drug-likeness (QED) is 0.818. The Labute approximate surface area is 150 Å². The van der Waals surface area contributed by atoms with Gasteiger partial charge in [0.25, 0.3) is 0 Å². The Kier molecular flexibility index (Phi) is 5.27. The first-order valence-corrected chi connectivity index (χ1v) is 8.51. The molecule has 3 rings (SSSR count). The number of benzene rings is 2. The fraction of sp³-hybridized carbons (Fsp3) is 0.278. The SMILES string of the molecule is O=C(Cc1ccc(F)cc1)N1CCN(c2ccc(Cl)cc2Cl)CC1. The van der Waals surface area contributed by atoms with Gasteiger partial charge in [-0.2, -0.15) is 0 Å². The topological polar surface area (TPSA) is 23.6 Å². The normalized spacial score (nSPS) is 14.8. The number of halogens is 3. The predicted octanol–water partition coefficient (Wildman–Crippen LogP) is 4.02. The molecule has 0 aliphatic carbocycles. The lowest BCUT2D eigenvalue weighted by atomic mass is 10.1. The molecular weight excluding hydrogens is 350 g/mol. The summed E-state index contributed by atoms with van der Waals surface area (Å²) in [6.45, 7) is 2.71. The molecule has 0 aromatic heterocycles. The molecule has 6 heteroatoms. The van der Waals surface area contributed by atoms with Crippen LogP contribution in [0.2, 0.25) is 10.0 Å². The van der Waals surface area contributed by atoms with Gasteiger partial charge in [0.2, 0.25) is 5.91 Å². The van der Waals surface area contributed by atoms with Crippen molar-refractivity contribution in [3.05, 3.63) is 63.9 Å². The lowest BCUT2D eigenvalue weighted by Gasteiger charge is -2.36. The first kappa shape index (κ1) is 17.1. The average molecular weight is 367 g/mol. The molecule has 0 saturated carbocycles. The molecular formula is C18H17Cl2FN2O. The maximum atomic E-state index is 12.9. The summed E-state index contributed by atoms with van der Waals surface area (Å²) in [7, 11) is 0. The standard InChI is InChI=1S/C18H17Cl2FN2O/c19-14-3-6-17(16(20)12-14)22-7-9-23(10-8-22)18(24)11-13-1-4-15(21)5-2-13/h1-6,12H,7-11H2. The molecule has 0 N–H and O–H groups in total. The van der Waals surface area contributed by atoms with Gasteiger partial charge < -0.3 is 9.80 Å². The second-order valence-corrected chi connectivity index (χ2v) is 6.61. The summed E-state index contributed by atoms with van der Waals surface area (Å²) in [6.07, 6.45) is 0.294. The minimum Gasteiger partial charge on any atom is -0.367 e. The smallest absolute Gasteiger partial charge is 0.227 e. The zero-order valence-corrected chi connectivity index (χ0v) is 14.5. The molecule has 1 heterocycles. The van der Waals surface area contributed by atoms with E-state index in [9.17, 15) is 9.18 Å². The predicted molar refractivity (Wildman–Crippen MR) is 95.4 cm³/mol. The maximum absolute atomic E-state index is 12.9. The number of anilines is 1. The van der Waals surface area contributed by atoms with Crippen LogP contribution in [0.25, 0.3) is 0 Å². The van der Waals surface area contributed by atoms with Crippen molar-refractivity contribution in [1.82, 2.24) is 4.90 Å². The number of amides is 1. The van der Waals surface area contributed by atoms with E-state index in [1.807, 2.05) is 17.0 Å². The minimum atomic E-state index is -0.292. The number of carbonyl (C=O) groups is 1. The highest BCUT2D eigenvalue weighted by atomic mass is 35.5. The number of hydrogen-bond donors (Lipinski definition) is 0. The van der Waals surface area contributed by atoms with Crippen LogP contribution in [-0.4, -0.2) is 37.0 Å². The Morgan fingerprint density at radius 1 is 1.00 bits per heavy atom. The lowest BCUT2D eigenvalue weighted by molar-refractivity contribution is -0.130. The Bertz CT molecular complexity index is 728. The zero-order chi connectivity index (χ0) is 17.1. The van der Waals surface area contributed by atoms with Gasteiger partial charge >= 0.3 is 0 Å². The number of carbonyl (C=O) groups excluding carboxylic acids is 1. The van der Waals surface area contributed by atoms with E-state index in [2.05, 4.69) is 4.90 Å². The fourth-order valence-corrected chi connectivity index (χ4v) is 3.35. The van der Waals surface area contributed by atoms with Gasteiger partial charge in [0.1, 0.15) is 5.82 Å². The summed E-state index contributed by atoms with van der Waals surface area (Å²) in [4.78, 5) is 16.4. The maximum Gasteiger partial charge on any atom is 0.227 e. The zero-order valence-electron chi connectivity index (χ0n) is 13.0. The van der Waals surface area contributed by atoms with Crippen molar-refractivity contribution in [1.29, 1.82) is 0 Å². The first-order chi connectivity index (χ1) is 11.5. The molecule has 1 aliphatic heterocycles. The third-order valence-corrected chi connectivity index (χ3v) is 4.69. The average Bonchev–Trinajstić information content (AvgIpc) is 2.57. The van der Waals surface area contributed by atoms with Crippen LogP contribution in [0.1, 0.15) is 5.56 Å². The number of piperazine rings is 1. The second-order valence-electron chi connectivity index (χ2n) is 5.77. The summed E-state index contributed by atoms with van der Waals surface area (Å²) in [6, 6.07) is 11.5. The molecule has 0 atom stereocenters. The molecule has 0 unspecified atom stereocenters. The van der Waals surface area contributed by atoms with Gasteiger partial charge in [-0.1, -0.05) is 35.3 Å². The van der Waals surface area contributed by atoms with Gasteiger partial charge in [-0.15, -0.1) is 0 Å². The molecule has 2 aromatic carbocycles. The van der Waals surface area contributed by atoms with Gasteiger partial charge in [0.05, 0.1) is 17.1 Å². The number of hydrogen-bond acceptors (Lipinski definition) is 2. The van der Waals surface area contributed by atoms with E-state index in [0.717, 1.165) is 24.3 Å². The van der Waals surface area contributed by atoms with Gasteiger partial charge in [0, 0.05) is 31.2 Å². The highest BCUT2D eigenvalue weighted by Gasteiger charge is 2.22. The first-order valence-electron chi connectivity index (χ1n) is 7.75. The summed E-state index contributed by atoms with van der Waals surface area (Å²) in [5, 5.41) is 1.23. The molecule has 2 aromatic rings. The van der Waals surface area contributed by atoms with Gasteiger partial charge in [-0.05, 0) is 35.9 Å². The molecule has 24 heavy (non-hydrogen) atoms. The molecule has 1 fully saturated rings. The van der Waals surface area contributed by atoms with Crippen LogP contribution < -0.4 is 4.90 Å². The van der Waals surface area contributed by atoms with Crippen molar-refractivity contribution in [2.75, 3.05) is 31.1 Å². The van der Waals surface area contributed by atoms with E-state index in [0.29, 0.717) is 29.6 Å². The molecule has 1 saturated heterocycles. The van der Waals surface area contributed by atoms with E-state index in [-0.39, 0.29) is 11.7 Å². The van der Waals surface area contributed by atoms with Crippen molar-refractivity contribution in [3.8, 4) is 0 Å². The second kappa shape index (κ2) is 7.41. The van der Waals surface area contributed by atoms with Gasteiger partial charge in [0.15, 0.2) is 0 Å². The monoisotopic (exact) mass is 366 g/mol. The fourth-order valence-electron chi connectivity index (χ4n) is 2.82. The van der Waals surface area contributed by atoms with Crippen LogP contribution in [0.4, 0.5) is 10.1 Å². The van der Waals surface area contributed by atoms with Crippen LogP contribution in [0.15, 0.2) is 42.5 Å². The van der Waals surface area contributed by atoms with Crippen molar-refractivity contribution >= 4 is 34.8 Å². The highest BCUT2D eigenvalue weighted by Crippen LogP contribution is 2.29. The Morgan fingerprint density at radius 3 is 2.29 bits per heavy atom. The minimum absolute atomic E-state index is 0.0588. The van der Waals surface area contributed by atoms with E-state index >= 15 is 0 Å². The van der Waals surface area contributed by atoms with E-state index < -0.39 is 0 Å². The molecule has 3 nitrogen and oxygen atoms in total. The Morgan fingerprint density at radius 2 is 1.67 bits per heavy atom. The molecule has 0 radical (unpaired) electrons. The van der Waals surface area contributed by atoms with Crippen LogP contribution in [0.5, 0.6) is 0 Å².